The van der Waals surface area contributed by atoms with Crippen molar-refractivity contribution in [2.24, 2.45) is 5.92 Å². The van der Waals surface area contributed by atoms with Crippen molar-refractivity contribution in [2.45, 2.75) is 26.7 Å². The van der Waals surface area contributed by atoms with E-state index in [-0.39, 0.29) is 0 Å². The van der Waals surface area contributed by atoms with Gasteiger partial charge in [0.05, 0.1) is 11.6 Å². The third-order valence-corrected chi connectivity index (χ3v) is 3.79. The summed E-state index contributed by atoms with van der Waals surface area (Å²) in [5.41, 5.74) is 0.806. The van der Waals surface area contributed by atoms with E-state index in [1.165, 1.54) is 12.8 Å². The van der Waals surface area contributed by atoms with Crippen molar-refractivity contribution in [3.05, 3.63) is 6.20 Å². The van der Waals surface area contributed by atoms with E-state index in [1.54, 1.807) is 0 Å². The zero-order chi connectivity index (χ0) is 13.2. The van der Waals surface area contributed by atoms with Crippen molar-refractivity contribution in [1.29, 1.82) is 0 Å². The molecule has 0 spiro atoms. The molecule has 19 heavy (non-hydrogen) atoms. The Labute approximate surface area is 112 Å². The highest BCUT2D eigenvalue weighted by Gasteiger charge is 2.24. The Morgan fingerprint density at radius 2 is 2.32 bits per heavy atom. The number of aromatic nitrogens is 4. The minimum Gasteiger partial charge on any atom is -0.356 e. The van der Waals surface area contributed by atoms with Crippen molar-refractivity contribution in [3.63, 3.8) is 0 Å². The molecule has 0 saturated carbocycles. The molecule has 1 saturated heterocycles. The van der Waals surface area contributed by atoms with E-state index in [4.69, 9.17) is 0 Å². The number of anilines is 2. The van der Waals surface area contributed by atoms with Crippen LogP contribution in [0.5, 0.6) is 0 Å². The fraction of sp³-hybridized carbons (Fsp3) is 0.615. The van der Waals surface area contributed by atoms with Crippen LogP contribution in [-0.2, 0) is 0 Å². The first-order chi connectivity index (χ1) is 9.31. The number of aromatic amines is 1. The quantitative estimate of drug-likeness (QED) is 0.880. The Bertz CT molecular complexity index is 563. The second-order valence-corrected chi connectivity index (χ2v) is 5.04. The van der Waals surface area contributed by atoms with Gasteiger partial charge in [0.1, 0.15) is 5.82 Å². The van der Waals surface area contributed by atoms with Gasteiger partial charge in [-0.05, 0) is 19.3 Å². The fourth-order valence-electron chi connectivity index (χ4n) is 2.66. The molecule has 1 unspecified atom stereocenters. The Morgan fingerprint density at radius 1 is 1.42 bits per heavy atom. The molecule has 0 radical (unpaired) electrons. The van der Waals surface area contributed by atoms with Crippen LogP contribution in [0.3, 0.4) is 0 Å². The molecular formula is C13H20N6. The summed E-state index contributed by atoms with van der Waals surface area (Å²) < 4.78 is 0. The van der Waals surface area contributed by atoms with E-state index in [2.05, 4.69) is 37.3 Å². The van der Waals surface area contributed by atoms with Crippen molar-refractivity contribution < 1.29 is 0 Å². The largest absolute Gasteiger partial charge is 0.356 e. The molecule has 2 aromatic heterocycles. The van der Waals surface area contributed by atoms with Crippen molar-refractivity contribution in [1.82, 2.24) is 20.2 Å². The van der Waals surface area contributed by atoms with E-state index >= 15 is 0 Å². The molecule has 6 nitrogen and oxygen atoms in total. The van der Waals surface area contributed by atoms with Crippen molar-refractivity contribution in [2.75, 3.05) is 29.9 Å². The van der Waals surface area contributed by atoms with Crippen LogP contribution in [-0.4, -0.2) is 39.8 Å². The molecule has 1 aliphatic heterocycles. The lowest BCUT2D eigenvalue weighted by atomic mass is 10.1. The summed E-state index contributed by atoms with van der Waals surface area (Å²) in [5.74, 6) is 2.46. The smallest absolute Gasteiger partial charge is 0.226 e. The fourth-order valence-corrected chi connectivity index (χ4v) is 2.66. The zero-order valence-corrected chi connectivity index (χ0v) is 11.5. The van der Waals surface area contributed by atoms with Gasteiger partial charge in [-0.15, -0.1) is 0 Å². The van der Waals surface area contributed by atoms with Crippen LogP contribution < -0.4 is 10.2 Å². The highest BCUT2D eigenvalue weighted by molar-refractivity contribution is 5.87. The molecule has 1 aliphatic rings. The van der Waals surface area contributed by atoms with E-state index in [0.717, 1.165) is 42.4 Å². The molecule has 0 aliphatic carbocycles. The monoisotopic (exact) mass is 260 g/mol. The standard InChI is InChI=1S/C13H20N6/c1-3-9-5-6-19(8-9)12-10-7-15-18-11(10)16-13(17-12)14-4-2/h7,9H,3-6,8H2,1-2H3,(H2,14,15,16,17,18). The molecule has 2 N–H and O–H groups in total. The second-order valence-electron chi connectivity index (χ2n) is 5.04. The number of H-pyrrole nitrogens is 1. The number of nitrogens with one attached hydrogen (secondary N) is 2. The molecule has 2 aromatic rings. The summed E-state index contributed by atoms with van der Waals surface area (Å²) in [4.78, 5) is 11.4. The molecule has 102 valence electrons. The minimum absolute atomic E-state index is 0.675. The molecule has 3 heterocycles. The summed E-state index contributed by atoms with van der Waals surface area (Å²) in [6.07, 6.45) is 4.30. The average molecular weight is 260 g/mol. The Kier molecular flexibility index (Phi) is 3.23. The van der Waals surface area contributed by atoms with Gasteiger partial charge in [0.15, 0.2) is 5.65 Å². The van der Waals surface area contributed by atoms with Crippen LogP contribution in [0.25, 0.3) is 11.0 Å². The first-order valence-electron chi connectivity index (χ1n) is 7.01. The van der Waals surface area contributed by atoms with Gasteiger partial charge >= 0.3 is 0 Å². The summed E-state index contributed by atoms with van der Waals surface area (Å²) in [7, 11) is 0. The topological polar surface area (TPSA) is 69.7 Å². The Hall–Kier alpha value is -1.85. The lowest BCUT2D eigenvalue weighted by molar-refractivity contribution is 0.569. The number of hydrogen-bond donors (Lipinski definition) is 2. The number of rotatable bonds is 4. The van der Waals surface area contributed by atoms with E-state index in [9.17, 15) is 0 Å². The van der Waals surface area contributed by atoms with Gasteiger partial charge in [-0.25, -0.2) is 0 Å². The summed E-state index contributed by atoms with van der Waals surface area (Å²) in [6.45, 7) is 7.27. The number of hydrogen-bond acceptors (Lipinski definition) is 5. The van der Waals surface area contributed by atoms with Crippen molar-refractivity contribution in [3.8, 4) is 0 Å². The molecule has 1 fully saturated rings. The lowest BCUT2D eigenvalue weighted by Gasteiger charge is -2.18. The Balaban J connectivity index is 1.98. The van der Waals surface area contributed by atoms with E-state index < -0.39 is 0 Å². The van der Waals surface area contributed by atoms with Gasteiger partial charge in [-0.3, -0.25) is 5.10 Å². The van der Waals surface area contributed by atoms with Gasteiger partial charge in [0.2, 0.25) is 5.95 Å². The molecular weight excluding hydrogens is 240 g/mol. The van der Waals surface area contributed by atoms with Crippen LogP contribution in [0.1, 0.15) is 26.7 Å². The molecule has 0 amide bonds. The maximum Gasteiger partial charge on any atom is 0.226 e. The summed E-state index contributed by atoms with van der Waals surface area (Å²) in [6, 6.07) is 0. The third-order valence-electron chi connectivity index (χ3n) is 3.79. The van der Waals surface area contributed by atoms with Crippen LogP contribution in [0.2, 0.25) is 0 Å². The Morgan fingerprint density at radius 3 is 3.05 bits per heavy atom. The third kappa shape index (κ3) is 2.22. The van der Waals surface area contributed by atoms with Gasteiger partial charge in [0.25, 0.3) is 0 Å². The molecule has 0 aromatic carbocycles. The maximum absolute atomic E-state index is 4.66. The predicted octanol–water partition coefficient (Wildman–Crippen LogP) is 2.02. The van der Waals surface area contributed by atoms with Crippen LogP contribution in [0, 0.1) is 5.92 Å². The first kappa shape index (κ1) is 12.2. The van der Waals surface area contributed by atoms with Gasteiger partial charge in [-0.1, -0.05) is 13.3 Å². The SMILES string of the molecule is CCNc1nc(N2CCC(CC)C2)c2cn[nH]c2n1. The van der Waals surface area contributed by atoms with Gasteiger partial charge < -0.3 is 10.2 Å². The number of nitrogens with zero attached hydrogens (tertiary/aromatic N) is 4. The summed E-state index contributed by atoms with van der Waals surface area (Å²) >= 11 is 0. The summed E-state index contributed by atoms with van der Waals surface area (Å²) in [5, 5.41) is 11.2. The predicted molar refractivity (Wildman–Crippen MR) is 76.5 cm³/mol. The highest BCUT2D eigenvalue weighted by atomic mass is 15.3. The molecule has 1 atom stereocenters. The van der Waals surface area contributed by atoms with Crippen molar-refractivity contribution >= 4 is 22.8 Å². The zero-order valence-electron chi connectivity index (χ0n) is 11.5. The highest BCUT2D eigenvalue weighted by Crippen LogP contribution is 2.29. The van der Waals surface area contributed by atoms with E-state index in [1.807, 2.05) is 13.1 Å². The van der Waals surface area contributed by atoms with Crippen LogP contribution in [0.4, 0.5) is 11.8 Å². The van der Waals surface area contributed by atoms with Crippen LogP contribution in [0.15, 0.2) is 6.20 Å². The van der Waals surface area contributed by atoms with Gasteiger partial charge in [0, 0.05) is 19.6 Å². The average Bonchev–Trinajstić information content (AvgIpc) is 3.06. The maximum atomic E-state index is 4.66. The molecule has 0 bridgehead atoms. The van der Waals surface area contributed by atoms with Gasteiger partial charge in [-0.2, -0.15) is 15.1 Å². The normalized spacial score (nSPS) is 19.3. The second kappa shape index (κ2) is 5.03. The number of fused-ring (bicyclic) bond motifs is 1. The minimum atomic E-state index is 0.675. The first-order valence-corrected chi connectivity index (χ1v) is 7.01. The van der Waals surface area contributed by atoms with Crippen LogP contribution >= 0.6 is 0 Å². The molecule has 3 rings (SSSR count). The molecule has 6 heteroatoms. The van der Waals surface area contributed by atoms with E-state index in [0.29, 0.717) is 5.95 Å². The lowest BCUT2D eigenvalue weighted by Crippen LogP contribution is -2.21.